The topological polar surface area (TPSA) is 52.6 Å². The van der Waals surface area contributed by atoms with Gasteiger partial charge < -0.3 is 9.47 Å². The molecule has 0 aromatic rings. The molecule has 0 saturated heterocycles. The van der Waals surface area contributed by atoms with Crippen LogP contribution in [0.25, 0.3) is 0 Å². The summed E-state index contributed by atoms with van der Waals surface area (Å²) in [5.74, 6) is -0.622. The van der Waals surface area contributed by atoms with Crippen LogP contribution in [0.1, 0.15) is 47.0 Å². The highest BCUT2D eigenvalue weighted by Gasteiger charge is 2.74. The summed E-state index contributed by atoms with van der Waals surface area (Å²) in [7, 11) is 0. The van der Waals surface area contributed by atoms with E-state index in [1.54, 1.807) is 13.8 Å². The van der Waals surface area contributed by atoms with E-state index in [4.69, 9.17) is 9.47 Å². The van der Waals surface area contributed by atoms with Gasteiger partial charge in [-0.3, -0.25) is 9.59 Å². The first kappa shape index (κ1) is 15.0. The fourth-order valence-electron chi connectivity index (χ4n) is 3.07. The fraction of sp³-hybridized carbons (Fsp3) is 0.857. The van der Waals surface area contributed by atoms with E-state index in [0.29, 0.717) is 13.2 Å². The first-order valence-electron chi connectivity index (χ1n) is 6.95. The van der Waals surface area contributed by atoms with Crippen LogP contribution in [0.15, 0.2) is 0 Å². The second-order valence-corrected chi connectivity index (χ2v) is 4.72. The van der Waals surface area contributed by atoms with E-state index in [1.165, 1.54) is 0 Å². The Morgan fingerprint density at radius 2 is 1.44 bits per heavy atom. The van der Waals surface area contributed by atoms with Crippen molar-refractivity contribution in [3.63, 3.8) is 0 Å². The predicted octanol–water partition coefficient (Wildman–Crippen LogP) is 2.56. The van der Waals surface area contributed by atoms with Crippen molar-refractivity contribution in [2.45, 2.75) is 47.0 Å². The van der Waals surface area contributed by atoms with E-state index in [-0.39, 0.29) is 11.8 Å². The molecular formula is C14H24O4. The zero-order chi connectivity index (χ0) is 13.8. The highest BCUT2D eigenvalue weighted by molar-refractivity contribution is 6.04. The summed E-state index contributed by atoms with van der Waals surface area (Å²) in [6.45, 7) is 8.19. The number of carbonyl (C=O) groups is 2. The molecule has 4 heteroatoms. The average molecular weight is 256 g/mol. The van der Waals surface area contributed by atoms with Gasteiger partial charge >= 0.3 is 11.9 Å². The fourth-order valence-corrected chi connectivity index (χ4v) is 3.07. The molecule has 1 rings (SSSR count). The normalized spacial score (nSPS) is 24.4. The molecule has 1 saturated carbocycles. The Hall–Kier alpha value is -1.06. The van der Waals surface area contributed by atoms with Gasteiger partial charge in [0.2, 0.25) is 0 Å². The molecule has 0 unspecified atom stereocenters. The second kappa shape index (κ2) is 6.21. The van der Waals surface area contributed by atoms with Gasteiger partial charge in [0.25, 0.3) is 0 Å². The number of rotatable bonds is 7. The van der Waals surface area contributed by atoms with Crippen molar-refractivity contribution in [1.29, 1.82) is 0 Å². The van der Waals surface area contributed by atoms with Crippen molar-refractivity contribution < 1.29 is 19.1 Å². The maximum atomic E-state index is 12.2. The van der Waals surface area contributed by atoms with Crippen molar-refractivity contribution in [2.75, 3.05) is 13.2 Å². The summed E-state index contributed by atoms with van der Waals surface area (Å²) in [5, 5.41) is 0. The van der Waals surface area contributed by atoms with Gasteiger partial charge in [-0.05, 0) is 32.1 Å². The molecular weight excluding hydrogens is 232 g/mol. The number of esters is 2. The molecule has 0 aromatic carbocycles. The van der Waals surface area contributed by atoms with E-state index in [2.05, 4.69) is 6.92 Å². The molecule has 0 aromatic heterocycles. The maximum Gasteiger partial charge on any atom is 0.324 e. The summed E-state index contributed by atoms with van der Waals surface area (Å²) in [5.41, 5.74) is -1.02. The van der Waals surface area contributed by atoms with Crippen LogP contribution < -0.4 is 0 Å². The molecule has 104 valence electrons. The van der Waals surface area contributed by atoms with Crippen LogP contribution in [0.5, 0.6) is 0 Å². The lowest BCUT2D eigenvalue weighted by Gasteiger charge is -2.15. The van der Waals surface area contributed by atoms with Crippen molar-refractivity contribution in [3.05, 3.63) is 0 Å². The van der Waals surface area contributed by atoms with Crippen LogP contribution in [0.4, 0.5) is 0 Å². The molecule has 2 atom stereocenters. The first-order valence-corrected chi connectivity index (χ1v) is 6.95. The Labute approximate surface area is 109 Å². The Kier molecular flexibility index (Phi) is 5.17. The van der Waals surface area contributed by atoms with Gasteiger partial charge in [0.05, 0.1) is 13.2 Å². The third kappa shape index (κ3) is 2.25. The predicted molar refractivity (Wildman–Crippen MR) is 67.9 cm³/mol. The van der Waals surface area contributed by atoms with Gasteiger partial charge in [0, 0.05) is 0 Å². The van der Waals surface area contributed by atoms with Crippen molar-refractivity contribution in [1.82, 2.24) is 0 Å². The smallest absolute Gasteiger partial charge is 0.324 e. The molecule has 0 heterocycles. The summed E-state index contributed by atoms with van der Waals surface area (Å²) in [4.78, 5) is 24.4. The van der Waals surface area contributed by atoms with Crippen molar-refractivity contribution >= 4 is 11.9 Å². The highest BCUT2D eigenvalue weighted by atomic mass is 16.6. The zero-order valence-corrected chi connectivity index (χ0v) is 11.8. The number of ether oxygens (including phenoxy) is 2. The van der Waals surface area contributed by atoms with Crippen LogP contribution in [0.3, 0.4) is 0 Å². The minimum Gasteiger partial charge on any atom is -0.465 e. The van der Waals surface area contributed by atoms with Gasteiger partial charge in [-0.15, -0.1) is 0 Å². The van der Waals surface area contributed by atoms with E-state index >= 15 is 0 Å². The van der Waals surface area contributed by atoms with E-state index in [1.807, 2.05) is 6.92 Å². The third-order valence-corrected chi connectivity index (χ3v) is 3.81. The monoisotopic (exact) mass is 256 g/mol. The van der Waals surface area contributed by atoms with Gasteiger partial charge in [-0.25, -0.2) is 0 Å². The number of hydrogen-bond acceptors (Lipinski definition) is 4. The number of carbonyl (C=O) groups excluding carboxylic acids is 2. The van der Waals surface area contributed by atoms with Crippen LogP contribution in [0, 0.1) is 17.3 Å². The van der Waals surface area contributed by atoms with Gasteiger partial charge in [0.15, 0.2) is 5.41 Å². The first-order chi connectivity index (χ1) is 8.60. The SMILES string of the molecule is CCC[C@@H]1[C@H](CC)C1(C(=O)OCC)C(=O)OCC. The summed E-state index contributed by atoms with van der Waals surface area (Å²) >= 11 is 0. The van der Waals surface area contributed by atoms with E-state index in [9.17, 15) is 9.59 Å². The molecule has 1 aliphatic rings. The standard InChI is InChI=1S/C14H24O4/c1-5-9-11-10(6-2)14(11,12(15)17-7-3)13(16)18-8-4/h10-11H,5-9H2,1-4H3/t10-,11+/m0/s1. The molecule has 18 heavy (non-hydrogen) atoms. The van der Waals surface area contributed by atoms with Gasteiger partial charge in [-0.1, -0.05) is 26.7 Å². The summed E-state index contributed by atoms with van der Waals surface area (Å²) in [6, 6.07) is 0. The van der Waals surface area contributed by atoms with Crippen LogP contribution in [-0.2, 0) is 19.1 Å². The van der Waals surface area contributed by atoms with Crippen LogP contribution in [0.2, 0.25) is 0 Å². The average Bonchev–Trinajstić information content (AvgIpc) is 2.99. The minimum absolute atomic E-state index is 0.0792. The Morgan fingerprint density at radius 1 is 0.944 bits per heavy atom. The molecule has 0 bridgehead atoms. The van der Waals surface area contributed by atoms with E-state index < -0.39 is 17.4 Å². The molecule has 0 spiro atoms. The molecule has 0 amide bonds. The Morgan fingerprint density at radius 3 is 1.78 bits per heavy atom. The summed E-state index contributed by atoms with van der Waals surface area (Å²) < 4.78 is 10.2. The number of hydrogen-bond donors (Lipinski definition) is 0. The van der Waals surface area contributed by atoms with Crippen LogP contribution >= 0.6 is 0 Å². The molecule has 0 aliphatic heterocycles. The quantitative estimate of drug-likeness (QED) is 0.519. The molecule has 0 radical (unpaired) electrons. The lowest BCUT2D eigenvalue weighted by atomic mass is 10.00. The third-order valence-electron chi connectivity index (χ3n) is 3.81. The molecule has 1 aliphatic carbocycles. The van der Waals surface area contributed by atoms with E-state index in [0.717, 1.165) is 19.3 Å². The molecule has 0 N–H and O–H groups in total. The summed E-state index contributed by atoms with van der Waals surface area (Å²) in [6.07, 6.45) is 2.64. The molecule has 4 nitrogen and oxygen atoms in total. The molecule has 1 fully saturated rings. The lowest BCUT2D eigenvalue weighted by Crippen LogP contribution is -2.33. The highest BCUT2D eigenvalue weighted by Crippen LogP contribution is 2.63. The van der Waals surface area contributed by atoms with Gasteiger partial charge in [-0.2, -0.15) is 0 Å². The minimum atomic E-state index is -1.02. The van der Waals surface area contributed by atoms with Crippen LogP contribution in [-0.4, -0.2) is 25.2 Å². The maximum absolute atomic E-state index is 12.2. The van der Waals surface area contributed by atoms with Crippen molar-refractivity contribution in [2.24, 2.45) is 17.3 Å². The van der Waals surface area contributed by atoms with Crippen molar-refractivity contribution in [3.8, 4) is 0 Å². The van der Waals surface area contributed by atoms with Gasteiger partial charge in [0.1, 0.15) is 0 Å². The second-order valence-electron chi connectivity index (χ2n) is 4.72. The zero-order valence-electron chi connectivity index (χ0n) is 11.8. The Bertz CT molecular complexity index is 293. The lowest BCUT2D eigenvalue weighted by molar-refractivity contribution is -0.166. The Balaban J connectivity index is 2.96. The largest absolute Gasteiger partial charge is 0.465 e.